The fourth-order valence-electron chi connectivity index (χ4n) is 2.53. The number of aryl methyl sites for hydroxylation is 1. The molecule has 0 saturated carbocycles. The van der Waals surface area contributed by atoms with Gasteiger partial charge < -0.3 is 15.5 Å². The second-order valence-electron chi connectivity index (χ2n) is 5.44. The van der Waals surface area contributed by atoms with E-state index in [0.29, 0.717) is 23.8 Å². The molecule has 1 aromatic rings. The van der Waals surface area contributed by atoms with E-state index in [0.717, 1.165) is 19.3 Å². The van der Waals surface area contributed by atoms with Crippen molar-refractivity contribution in [3.05, 3.63) is 42.0 Å². The van der Waals surface area contributed by atoms with E-state index >= 15 is 0 Å². The van der Waals surface area contributed by atoms with Crippen LogP contribution in [0.4, 0.5) is 0 Å². The normalized spacial score (nSPS) is 23.7. The third-order valence-corrected chi connectivity index (χ3v) is 3.71. The smallest absolute Gasteiger partial charge is 0.115 e. The van der Waals surface area contributed by atoms with E-state index in [1.807, 2.05) is 12.1 Å². The summed E-state index contributed by atoms with van der Waals surface area (Å²) in [5.41, 5.74) is 1.25. The number of phenols is 1. The van der Waals surface area contributed by atoms with Crippen molar-refractivity contribution < 1.29 is 10.2 Å². The van der Waals surface area contributed by atoms with Crippen LogP contribution in [-0.4, -0.2) is 28.9 Å². The lowest BCUT2D eigenvalue weighted by molar-refractivity contribution is 0.244. The maximum Gasteiger partial charge on any atom is 0.115 e. The molecule has 0 radical (unpaired) electrons. The minimum absolute atomic E-state index is 0.247. The van der Waals surface area contributed by atoms with Crippen molar-refractivity contribution in [3.63, 3.8) is 0 Å². The number of nitrogens with one attached hydrogen (secondary N) is 1. The average molecular weight is 261 g/mol. The van der Waals surface area contributed by atoms with Gasteiger partial charge in [0.2, 0.25) is 0 Å². The summed E-state index contributed by atoms with van der Waals surface area (Å²) >= 11 is 0. The molecule has 3 N–H and O–H groups in total. The predicted octanol–water partition coefficient (Wildman–Crippen LogP) is 2.24. The zero-order chi connectivity index (χ0) is 13.7. The molecule has 0 spiro atoms. The van der Waals surface area contributed by atoms with Gasteiger partial charge in [0.15, 0.2) is 0 Å². The zero-order valence-corrected chi connectivity index (χ0v) is 11.4. The summed E-state index contributed by atoms with van der Waals surface area (Å²) in [5.74, 6) is 0.642. The SMILES string of the molecule is C[C@@H](CCc1ccc(O)cc1)N[C@@H]1C=C[C@H](CO)C1. The Kier molecular flexibility index (Phi) is 5.00. The molecule has 3 nitrogen and oxygen atoms in total. The van der Waals surface area contributed by atoms with Crippen LogP contribution < -0.4 is 5.32 Å². The average Bonchev–Trinajstić information content (AvgIpc) is 2.86. The minimum Gasteiger partial charge on any atom is -0.508 e. The molecule has 0 bridgehead atoms. The Morgan fingerprint density at radius 2 is 2.00 bits per heavy atom. The van der Waals surface area contributed by atoms with E-state index in [2.05, 4.69) is 24.4 Å². The largest absolute Gasteiger partial charge is 0.508 e. The predicted molar refractivity (Wildman–Crippen MR) is 77.1 cm³/mol. The molecule has 0 saturated heterocycles. The molecule has 19 heavy (non-hydrogen) atoms. The Labute approximate surface area is 115 Å². The van der Waals surface area contributed by atoms with E-state index in [9.17, 15) is 5.11 Å². The van der Waals surface area contributed by atoms with Crippen molar-refractivity contribution in [3.8, 4) is 5.75 Å². The molecular weight excluding hydrogens is 238 g/mol. The lowest BCUT2D eigenvalue weighted by Gasteiger charge is -2.19. The van der Waals surface area contributed by atoms with E-state index in [1.54, 1.807) is 12.1 Å². The molecular formula is C16H23NO2. The van der Waals surface area contributed by atoms with Gasteiger partial charge in [0.05, 0.1) is 0 Å². The van der Waals surface area contributed by atoms with Crippen LogP contribution >= 0.6 is 0 Å². The Morgan fingerprint density at radius 1 is 1.26 bits per heavy atom. The second kappa shape index (κ2) is 6.73. The van der Waals surface area contributed by atoms with Gasteiger partial charge in [-0.05, 0) is 43.9 Å². The van der Waals surface area contributed by atoms with Gasteiger partial charge in [0.1, 0.15) is 5.75 Å². The fourth-order valence-corrected chi connectivity index (χ4v) is 2.53. The quantitative estimate of drug-likeness (QED) is 0.688. The highest BCUT2D eigenvalue weighted by atomic mass is 16.3. The first kappa shape index (κ1) is 14.1. The number of phenolic OH excluding ortho intramolecular Hbond substituents is 1. The third kappa shape index (κ3) is 4.37. The van der Waals surface area contributed by atoms with Gasteiger partial charge in [-0.2, -0.15) is 0 Å². The van der Waals surface area contributed by atoms with Crippen molar-refractivity contribution >= 4 is 0 Å². The zero-order valence-electron chi connectivity index (χ0n) is 11.4. The number of aliphatic hydroxyl groups excluding tert-OH is 1. The summed E-state index contributed by atoms with van der Waals surface area (Å²) < 4.78 is 0. The summed E-state index contributed by atoms with van der Waals surface area (Å²) in [7, 11) is 0. The van der Waals surface area contributed by atoms with Crippen LogP contribution in [0.2, 0.25) is 0 Å². The summed E-state index contributed by atoms with van der Waals surface area (Å²) in [6, 6.07) is 8.25. The van der Waals surface area contributed by atoms with Gasteiger partial charge in [-0.1, -0.05) is 24.3 Å². The van der Waals surface area contributed by atoms with Crippen LogP contribution in [0.15, 0.2) is 36.4 Å². The minimum atomic E-state index is 0.247. The Bertz CT molecular complexity index is 413. The standard InChI is InChI=1S/C16H23NO2/c1-12(17-15-7-4-14(10-15)11-18)2-3-13-5-8-16(19)9-6-13/h4-9,12,14-15,17-19H,2-3,10-11H2,1H3/t12-,14-,15+/m0/s1. The molecule has 0 heterocycles. The van der Waals surface area contributed by atoms with Crippen molar-refractivity contribution in [1.29, 1.82) is 0 Å². The molecule has 0 amide bonds. The van der Waals surface area contributed by atoms with Gasteiger partial charge in [-0.15, -0.1) is 0 Å². The van der Waals surface area contributed by atoms with E-state index in [4.69, 9.17) is 5.11 Å². The van der Waals surface area contributed by atoms with Crippen LogP contribution in [0.1, 0.15) is 25.3 Å². The molecule has 3 heteroatoms. The van der Waals surface area contributed by atoms with Crippen LogP contribution in [0.25, 0.3) is 0 Å². The number of hydrogen-bond donors (Lipinski definition) is 3. The van der Waals surface area contributed by atoms with Crippen molar-refractivity contribution in [2.45, 2.75) is 38.3 Å². The monoisotopic (exact) mass is 261 g/mol. The van der Waals surface area contributed by atoms with Gasteiger partial charge >= 0.3 is 0 Å². The molecule has 1 aliphatic rings. The van der Waals surface area contributed by atoms with Crippen molar-refractivity contribution in [1.82, 2.24) is 5.32 Å². The van der Waals surface area contributed by atoms with Gasteiger partial charge in [-0.3, -0.25) is 0 Å². The Balaban J connectivity index is 1.71. The van der Waals surface area contributed by atoms with Crippen LogP contribution in [0, 0.1) is 5.92 Å². The Hall–Kier alpha value is -1.32. The summed E-state index contributed by atoms with van der Waals surface area (Å²) in [6.07, 6.45) is 7.34. The molecule has 0 aromatic heterocycles. The van der Waals surface area contributed by atoms with Crippen LogP contribution in [-0.2, 0) is 6.42 Å². The second-order valence-corrected chi connectivity index (χ2v) is 5.44. The van der Waals surface area contributed by atoms with Crippen LogP contribution in [0.3, 0.4) is 0 Å². The molecule has 0 fully saturated rings. The number of aliphatic hydroxyl groups is 1. The first-order chi connectivity index (χ1) is 9.17. The fraction of sp³-hybridized carbons (Fsp3) is 0.500. The van der Waals surface area contributed by atoms with E-state index in [-0.39, 0.29) is 6.61 Å². The van der Waals surface area contributed by atoms with Crippen LogP contribution in [0.5, 0.6) is 5.75 Å². The van der Waals surface area contributed by atoms with Gasteiger partial charge in [-0.25, -0.2) is 0 Å². The lowest BCUT2D eigenvalue weighted by Crippen LogP contribution is -2.35. The highest BCUT2D eigenvalue weighted by Gasteiger charge is 2.19. The highest BCUT2D eigenvalue weighted by Crippen LogP contribution is 2.18. The molecule has 1 aliphatic carbocycles. The molecule has 3 atom stereocenters. The van der Waals surface area contributed by atoms with Gasteiger partial charge in [0, 0.05) is 24.6 Å². The molecule has 0 unspecified atom stereocenters. The first-order valence-electron chi connectivity index (χ1n) is 7.00. The van der Waals surface area contributed by atoms with Crippen molar-refractivity contribution in [2.24, 2.45) is 5.92 Å². The number of rotatable bonds is 6. The van der Waals surface area contributed by atoms with E-state index in [1.165, 1.54) is 5.56 Å². The topological polar surface area (TPSA) is 52.5 Å². The number of aromatic hydroxyl groups is 1. The summed E-state index contributed by atoms with van der Waals surface area (Å²) in [4.78, 5) is 0. The van der Waals surface area contributed by atoms with E-state index < -0.39 is 0 Å². The van der Waals surface area contributed by atoms with Gasteiger partial charge in [0.25, 0.3) is 0 Å². The highest BCUT2D eigenvalue weighted by molar-refractivity contribution is 5.25. The maximum atomic E-state index is 9.23. The van der Waals surface area contributed by atoms with Crippen molar-refractivity contribution in [2.75, 3.05) is 6.61 Å². The number of benzene rings is 1. The Morgan fingerprint density at radius 3 is 2.63 bits per heavy atom. The number of hydrogen-bond acceptors (Lipinski definition) is 3. The molecule has 0 aliphatic heterocycles. The maximum absolute atomic E-state index is 9.23. The summed E-state index contributed by atoms with van der Waals surface area (Å²) in [5, 5.41) is 21.9. The third-order valence-electron chi connectivity index (χ3n) is 3.71. The molecule has 104 valence electrons. The summed E-state index contributed by atoms with van der Waals surface area (Å²) in [6.45, 7) is 2.44. The first-order valence-corrected chi connectivity index (χ1v) is 7.00. The molecule has 1 aromatic carbocycles. The molecule has 2 rings (SSSR count). The lowest BCUT2D eigenvalue weighted by atomic mass is 10.0.